The van der Waals surface area contributed by atoms with Gasteiger partial charge in [0.2, 0.25) is 0 Å². The van der Waals surface area contributed by atoms with E-state index in [1.54, 1.807) is 36.4 Å². The summed E-state index contributed by atoms with van der Waals surface area (Å²) in [6.45, 7) is 0.478. The number of nitrogens with zero attached hydrogens (tertiary/aromatic N) is 4. The van der Waals surface area contributed by atoms with Gasteiger partial charge in [0, 0.05) is 30.7 Å². The highest BCUT2D eigenvalue weighted by atomic mass is 79.9. The molecule has 0 aromatic carbocycles. The Morgan fingerprint density at radius 3 is 3.00 bits per heavy atom. The van der Waals surface area contributed by atoms with Crippen LogP contribution in [0.1, 0.15) is 16.3 Å². The average Bonchev–Trinajstić information content (AvgIpc) is 2.75. The highest BCUT2D eigenvalue weighted by Crippen LogP contribution is 2.12. The Morgan fingerprint density at radius 2 is 2.33 bits per heavy atom. The zero-order valence-corrected chi connectivity index (χ0v) is 11.4. The third-order valence-electron chi connectivity index (χ3n) is 2.25. The Bertz CT molecular complexity index is 554. The lowest BCUT2D eigenvalue weighted by atomic mass is 10.3. The van der Waals surface area contributed by atoms with E-state index in [9.17, 15) is 4.79 Å². The number of hydrogen-bond donors (Lipinski definition) is 1. The molecule has 18 heavy (non-hydrogen) atoms. The molecular weight excluding hydrogens is 298 g/mol. The monoisotopic (exact) mass is 309 g/mol. The van der Waals surface area contributed by atoms with Crippen molar-refractivity contribution in [3.8, 4) is 0 Å². The zero-order valence-electron chi connectivity index (χ0n) is 9.80. The van der Waals surface area contributed by atoms with Gasteiger partial charge in [-0.1, -0.05) is 0 Å². The van der Waals surface area contributed by atoms with Gasteiger partial charge < -0.3 is 5.32 Å². The second kappa shape index (κ2) is 5.72. The van der Waals surface area contributed by atoms with Crippen LogP contribution in [0.4, 0.5) is 0 Å². The van der Waals surface area contributed by atoms with Crippen molar-refractivity contribution in [2.75, 3.05) is 6.54 Å². The predicted molar refractivity (Wildman–Crippen MR) is 69.0 cm³/mol. The average molecular weight is 310 g/mol. The van der Waals surface area contributed by atoms with E-state index < -0.39 is 0 Å². The van der Waals surface area contributed by atoms with Crippen LogP contribution in [0, 0.1) is 0 Å². The molecule has 0 spiro atoms. The molecule has 2 rings (SSSR count). The van der Waals surface area contributed by atoms with Crippen molar-refractivity contribution in [3.05, 3.63) is 40.6 Å². The highest BCUT2D eigenvalue weighted by molar-refractivity contribution is 9.10. The van der Waals surface area contributed by atoms with E-state index in [0.29, 0.717) is 29.0 Å². The molecule has 0 unspecified atom stereocenters. The van der Waals surface area contributed by atoms with Gasteiger partial charge >= 0.3 is 0 Å². The third kappa shape index (κ3) is 3.13. The van der Waals surface area contributed by atoms with Crippen LogP contribution < -0.4 is 5.32 Å². The van der Waals surface area contributed by atoms with Crippen LogP contribution in [0.25, 0.3) is 0 Å². The molecule has 0 radical (unpaired) electrons. The lowest BCUT2D eigenvalue weighted by molar-refractivity contribution is 0.0948. The van der Waals surface area contributed by atoms with E-state index >= 15 is 0 Å². The predicted octanol–water partition coefficient (Wildman–Crippen LogP) is 0.945. The third-order valence-corrected chi connectivity index (χ3v) is 2.89. The molecule has 7 heteroatoms. The van der Waals surface area contributed by atoms with Crippen molar-refractivity contribution < 1.29 is 4.79 Å². The molecule has 0 saturated carbocycles. The Labute approximate surface area is 113 Å². The summed E-state index contributed by atoms with van der Waals surface area (Å²) in [6.07, 6.45) is 3.81. The molecule has 0 fully saturated rings. The van der Waals surface area contributed by atoms with Crippen LogP contribution in [-0.2, 0) is 13.5 Å². The van der Waals surface area contributed by atoms with E-state index in [1.165, 1.54) is 0 Å². The van der Waals surface area contributed by atoms with E-state index in [1.807, 2.05) is 0 Å². The minimum absolute atomic E-state index is 0.210. The molecule has 0 aliphatic rings. The molecule has 0 atom stereocenters. The van der Waals surface area contributed by atoms with Gasteiger partial charge in [0.25, 0.3) is 5.91 Å². The fourth-order valence-electron chi connectivity index (χ4n) is 1.42. The van der Waals surface area contributed by atoms with E-state index in [2.05, 4.69) is 36.3 Å². The van der Waals surface area contributed by atoms with Crippen molar-refractivity contribution in [2.24, 2.45) is 7.05 Å². The molecular formula is C11H12BrN5O. The van der Waals surface area contributed by atoms with Gasteiger partial charge in [0.05, 0.1) is 0 Å². The number of halogens is 1. The molecule has 1 N–H and O–H groups in total. The van der Waals surface area contributed by atoms with Gasteiger partial charge in [0.1, 0.15) is 12.0 Å². The van der Waals surface area contributed by atoms with Crippen LogP contribution >= 0.6 is 15.9 Å². The molecule has 1 amide bonds. The largest absolute Gasteiger partial charge is 0.350 e. The summed E-state index contributed by atoms with van der Waals surface area (Å²) in [5, 5.41) is 6.90. The summed E-state index contributed by atoms with van der Waals surface area (Å²) in [4.78, 5) is 19.9. The zero-order chi connectivity index (χ0) is 13.0. The van der Waals surface area contributed by atoms with Crippen molar-refractivity contribution in [1.82, 2.24) is 25.1 Å². The van der Waals surface area contributed by atoms with E-state index in [4.69, 9.17) is 0 Å². The first kappa shape index (κ1) is 12.7. The second-order valence-electron chi connectivity index (χ2n) is 3.67. The molecule has 0 bridgehead atoms. The van der Waals surface area contributed by atoms with Gasteiger partial charge in [-0.2, -0.15) is 5.10 Å². The molecule has 2 aromatic rings. The van der Waals surface area contributed by atoms with Crippen LogP contribution in [0.2, 0.25) is 0 Å². The SMILES string of the molecule is Cn1cnc(CCNC(=O)c2ncccc2Br)n1. The molecule has 6 nitrogen and oxygen atoms in total. The van der Waals surface area contributed by atoms with Gasteiger partial charge in [-0.25, -0.2) is 9.97 Å². The minimum Gasteiger partial charge on any atom is -0.350 e. The number of carbonyl (C=O) groups is 1. The lowest BCUT2D eigenvalue weighted by Crippen LogP contribution is -2.27. The minimum atomic E-state index is -0.210. The lowest BCUT2D eigenvalue weighted by Gasteiger charge is -2.04. The number of nitrogens with one attached hydrogen (secondary N) is 1. The van der Waals surface area contributed by atoms with Crippen molar-refractivity contribution >= 4 is 21.8 Å². The Kier molecular flexibility index (Phi) is 4.03. The first-order valence-electron chi connectivity index (χ1n) is 5.40. The number of carbonyl (C=O) groups excluding carboxylic acids is 1. The van der Waals surface area contributed by atoms with Crippen LogP contribution in [0.5, 0.6) is 0 Å². The maximum Gasteiger partial charge on any atom is 0.271 e. The maximum absolute atomic E-state index is 11.8. The number of rotatable bonds is 4. The normalized spacial score (nSPS) is 10.3. The van der Waals surface area contributed by atoms with E-state index in [0.717, 1.165) is 0 Å². The number of amides is 1. The summed E-state index contributed by atoms with van der Waals surface area (Å²) < 4.78 is 2.31. The van der Waals surface area contributed by atoms with Gasteiger partial charge in [-0.3, -0.25) is 9.48 Å². The maximum atomic E-state index is 11.8. The topological polar surface area (TPSA) is 72.7 Å². The molecule has 0 aliphatic heterocycles. The van der Waals surface area contributed by atoms with E-state index in [-0.39, 0.29) is 5.91 Å². The first-order chi connectivity index (χ1) is 8.66. The summed E-state index contributed by atoms with van der Waals surface area (Å²) in [5.74, 6) is 0.497. The Hall–Kier alpha value is -1.76. The summed E-state index contributed by atoms with van der Waals surface area (Å²) in [5.41, 5.74) is 0.381. The smallest absolute Gasteiger partial charge is 0.271 e. The fourth-order valence-corrected chi connectivity index (χ4v) is 1.86. The van der Waals surface area contributed by atoms with Crippen molar-refractivity contribution in [3.63, 3.8) is 0 Å². The fraction of sp³-hybridized carbons (Fsp3) is 0.273. The molecule has 0 aliphatic carbocycles. The number of hydrogen-bond acceptors (Lipinski definition) is 4. The number of pyridine rings is 1. The van der Waals surface area contributed by atoms with Gasteiger partial charge in [-0.05, 0) is 28.1 Å². The van der Waals surface area contributed by atoms with Gasteiger partial charge in [0.15, 0.2) is 5.82 Å². The number of aromatic nitrogens is 4. The number of aryl methyl sites for hydroxylation is 1. The molecule has 2 heterocycles. The standard InChI is InChI=1S/C11H12BrN5O/c1-17-7-15-9(16-17)4-6-14-11(18)10-8(12)3-2-5-13-10/h2-3,5,7H,4,6H2,1H3,(H,14,18). The summed E-state index contributed by atoms with van der Waals surface area (Å²) in [7, 11) is 1.81. The molecule has 0 saturated heterocycles. The Morgan fingerprint density at radius 1 is 1.50 bits per heavy atom. The van der Waals surface area contributed by atoms with Gasteiger partial charge in [-0.15, -0.1) is 0 Å². The van der Waals surface area contributed by atoms with Crippen LogP contribution in [0.15, 0.2) is 29.1 Å². The highest BCUT2D eigenvalue weighted by Gasteiger charge is 2.10. The Balaban J connectivity index is 1.87. The van der Waals surface area contributed by atoms with Crippen LogP contribution in [0.3, 0.4) is 0 Å². The van der Waals surface area contributed by atoms with Crippen molar-refractivity contribution in [2.45, 2.75) is 6.42 Å². The first-order valence-corrected chi connectivity index (χ1v) is 6.19. The summed E-state index contributed by atoms with van der Waals surface area (Å²) >= 11 is 3.29. The van der Waals surface area contributed by atoms with Crippen LogP contribution in [-0.4, -0.2) is 32.2 Å². The summed E-state index contributed by atoms with van der Waals surface area (Å²) in [6, 6.07) is 3.54. The molecule has 94 valence electrons. The molecule has 2 aromatic heterocycles. The second-order valence-corrected chi connectivity index (χ2v) is 4.53. The van der Waals surface area contributed by atoms with Crippen molar-refractivity contribution in [1.29, 1.82) is 0 Å². The quantitative estimate of drug-likeness (QED) is 0.912.